The molecule has 0 spiro atoms. The van der Waals surface area contributed by atoms with E-state index in [1.54, 1.807) is 6.20 Å². The second-order valence-electron chi connectivity index (χ2n) is 8.81. The van der Waals surface area contributed by atoms with E-state index in [0.29, 0.717) is 24.4 Å². The molecule has 3 fully saturated rings. The third-order valence-electron chi connectivity index (χ3n) is 6.70. The number of nitrogens with zero attached hydrogens (tertiary/aromatic N) is 5. The van der Waals surface area contributed by atoms with Gasteiger partial charge in [-0.1, -0.05) is 0 Å². The van der Waals surface area contributed by atoms with Crippen molar-refractivity contribution in [1.82, 2.24) is 24.3 Å². The molecule has 0 bridgehead atoms. The fourth-order valence-electron chi connectivity index (χ4n) is 4.73. The van der Waals surface area contributed by atoms with Crippen LogP contribution in [0, 0.1) is 11.8 Å². The molecule has 0 radical (unpaired) electrons. The number of amides is 2. The average Bonchev–Trinajstić information content (AvgIpc) is 3.50. The number of piperidine rings is 2. The van der Waals surface area contributed by atoms with Gasteiger partial charge in [0.2, 0.25) is 11.8 Å². The molecule has 3 heterocycles. The van der Waals surface area contributed by atoms with Gasteiger partial charge in [-0.3, -0.25) is 14.5 Å². The molecule has 1 aromatic heterocycles. The molecule has 0 N–H and O–H groups in total. The first-order valence-electron chi connectivity index (χ1n) is 10.8. The van der Waals surface area contributed by atoms with E-state index in [0.717, 1.165) is 70.5 Å². The smallest absolute Gasteiger partial charge is 0.227 e. The van der Waals surface area contributed by atoms with Gasteiger partial charge < -0.3 is 14.4 Å². The molecule has 2 aliphatic heterocycles. The topological polar surface area (TPSA) is 61.7 Å². The standard InChI is InChI=1S/C21H33N5O2/c1-23-13-9-22-19(23)15-24(2)20(27)17-4-3-10-26(14-17)18-7-11-25(12-8-18)21(28)16-5-6-16/h9,13,16-18H,3-8,10-12,14-15H2,1-2H3. The average molecular weight is 388 g/mol. The molecule has 3 aliphatic rings. The highest BCUT2D eigenvalue weighted by Crippen LogP contribution is 2.32. The molecule has 2 amide bonds. The molecular weight excluding hydrogens is 354 g/mol. The van der Waals surface area contributed by atoms with Crippen LogP contribution in [0.2, 0.25) is 0 Å². The zero-order valence-corrected chi connectivity index (χ0v) is 17.2. The number of likely N-dealkylation sites (tertiary alicyclic amines) is 2. The quantitative estimate of drug-likeness (QED) is 0.768. The van der Waals surface area contributed by atoms with Crippen LogP contribution < -0.4 is 0 Å². The minimum absolute atomic E-state index is 0.0742. The van der Waals surface area contributed by atoms with E-state index in [2.05, 4.69) is 14.8 Å². The SMILES string of the molecule is CN(Cc1nccn1C)C(=O)C1CCCN(C2CCN(C(=O)C3CC3)CC2)C1. The summed E-state index contributed by atoms with van der Waals surface area (Å²) in [4.78, 5) is 36.0. The van der Waals surface area contributed by atoms with Crippen molar-refractivity contribution >= 4 is 11.8 Å². The summed E-state index contributed by atoms with van der Waals surface area (Å²) >= 11 is 0. The van der Waals surface area contributed by atoms with Crippen LogP contribution in [0.1, 0.15) is 44.3 Å². The Morgan fingerprint density at radius 2 is 1.86 bits per heavy atom. The molecule has 2 saturated heterocycles. The maximum Gasteiger partial charge on any atom is 0.227 e. The molecule has 1 atom stereocenters. The van der Waals surface area contributed by atoms with Crippen LogP contribution in [0.4, 0.5) is 0 Å². The van der Waals surface area contributed by atoms with Gasteiger partial charge in [0.25, 0.3) is 0 Å². The Balaban J connectivity index is 1.28. The molecule has 1 unspecified atom stereocenters. The van der Waals surface area contributed by atoms with E-state index in [4.69, 9.17) is 0 Å². The number of hydrogen-bond acceptors (Lipinski definition) is 4. The van der Waals surface area contributed by atoms with Crippen molar-refractivity contribution in [2.75, 3.05) is 33.2 Å². The summed E-state index contributed by atoms with van der Waals surface area (Å²) < 4.78 is 1.97. The van der Waals surface area contributed by atoms with Gasteiger partial charge in [0.1, 0.15) is 5.82 Å². The lowest BCUT2D eigenvalue weighted by atomic mass is 9.93. The van der Waals surface area contributed by atoms with Gasteiger partial charge >= 0.3 is 0 Å². The first-order chi connectivity index (χ1) is 13.5. The van der Waals surface area contributed by atoms with Crippen LogP contribution >= 0.6 is 0 Å². The maximum atomic E-state index is 13.0. The lowest BCUT2D eigenvalue weighted by molar-refractivity contribution is -0.137. The number of hydrogen-bond donors (Lipinski definition) is 0. The van der Waals surface area contributed by atoms with Crippen molar-refractivity contribution in [3.8, 4) is 0 Å². The Kier molecular flexibility index (Phi) is 5.71. The van der Waals surface area contributed by atoms with Crippen LogP contribution in [0.15, 0.2) is 12.4 Å². The summed E-state index contributed by atoms with van der Waals surface area (Å²) in [6, 6.07) is 0.513. The van der Waals surface area contributed by atoms with Gasteiger partial charge in [-0.05, 0) is 45.1 Å². The second kappa shape index (κ2) is 8.23. The summed E-state index contributed by atoms with van der Waals surface area (Å²) in [5.41, 5.74) is 0. The highest BCUT2D eigenvalue weighted by molar-refractivity contribution is 5.81. The van der Waals surface area contributed by atoms with Gasteiger partial charge in [-0.15, -0.1) is 0 Å². The van der Waals surface area contributed by atoms with Crippen molar-refractivity contribution in [3.05, 3.63) is 18.2 Å². The van der Waals surface area contributed by atoms with E-state index >= 15 is 0 Å². The van der Waals surface area contributed by atoms with Crippen molar-refractivity contribution in [2.24, 2.45) is 18.9 Å². The van der Waals surface area contributed by atoms with Crippen molar-refractivity contribution in [3.63, 3.8) is 0 Å². The highest BCUT2D eigenvalue weighted by atomic mass is 16.2. The van der Waals surface area contributed by atoms with E-state index in [-0.39, 0.29) is 11.8 Å². The first-order valence-corrected chi connectivity index (χ1v) is 10.8. The molecule has 1 aliphatic carbocycles. The second-order valence-corrected chi connectivity index (χ2v) is 8.81. The van der Waals surface area contributed by atoms with Crippen LogP contribution in [-0.2, 0) is 23.2 Å². The first kappa shape index (κ1) is 19.4. The molecule has 1 aromatic rings. The third-order valence-corrected chi connectivity index (χ3v) is 6.70. The number of carbonyl (C=O) groups is 2. The molecule has 7 heteroatoms. The third kappa shape index (κ3) is 4.24. The molecule has 154 valence electrons. The summed E-state index contributed by atoms with van der Waals surface area (Å²) in [5, 5.41) is 0. The largest absolute Gasteiger partial charge is 0.342 e. The zero-order chi connectivity index (χ0) is 19.7. The van der Waals surface area contributed by atoms with Crippen molar-refractivity contribution in [2.45, 2.75) is 51.1 Å². The van der Waals surface area contributed by atoms with Gasteiger partial charge in [0, 0.05) is 58.1 Å². The van der Waals surface area contributed by atoms with Crippen molar-refractivity contribution < 1.29 is 9.59 Å². The maximum absolute atomic E-state index is 13.0. The molecule has 1 saturated carbocycles. The predicted molar refractivity (Wildman–Crippen MR) is 106 cm³/mol. The summed E-state index contributed by atoms with van der Waals surface area (Å²) in [5.74, 6) is 1.92. The zero-order valence-electron chi connectivity index (χ0n) is 17.2. The molecular formula is C21H33N5O2. The lowest BCUT2D eigenvalue weighted by Crippen LogP contribution is -2.51. The van der Waals surface area contributed by atoms with E-state index in [1.165, 1.54) is 0 Å². The van der Waals surface area contributed by atoms with Gasteiger partial charge in [-0.25, -0.2) is 4.98 Å². The fourth-order valence-corrected chi connectivity index (χ4v) is 4.73. The monoisotopic (exact) mass is 387 g/mol. The van der Waals surface area contributed by atoms with E-state index < -0.39 is 0 Å². The summed E-state index contributed by atoms with van der Waals surface area (Å²) in [6.45, 7) is 4.25. The number of aromatic nitrogens is 2. The van der Waals surface area contributed by atoms with E-state index in [9.17, 15) is 9.59 Å². The highest BCUT2D eigenvalue weighted by Gasteiger charge is 2.37. The van der Waals surface area contributed by atoms with Gasteiger partial charge in [0.05, 0.1) is 12.5 Å². The Morgan fingerprint density at radius 1 is 1.11 bits per heavy atom. The fraction of sp³-hybridized carbons (Fsp3) is 0.762. The Labute approximate surface area is 167 Å². The van der Waals surface area contributed by atoms with Crippen LogP contribution in [0.5, 0.6) is 0 Å². The van der Waals surface area contributed by atoms with Gasteiger partial charge in [0.15, 0.2) is 0 Å². The Bertz CT molecular complexity index is 705. The Hall–Kier alpha value is -1.89. The van der Waals surface area contributed by atoms with Crippen LogP contribution in [0.25, 0.3) is 0 Å². The molecule has 0 aromatic carbocycles. The molecule has 7 nitrogen and oxygen atoms in total. The molecule has 4 rings (SSSR count). The number of aryl methyl sites for hydroxylation is 1. The summed E-state index contributed by atoms with van der Waals surface area (Å²) in [6.07, 6.45) is 9.99. The number of carbonyl (C=O) groups excluding carboxylic acids is 2. The summed E-state index contributed by atoms with van der Waals surface area (Å²) in [7, 11) is 3.85. The van der Waals surface area contributed by atoms with E-state index in [1.807, 2.05) is 29.8 Å². The Morgan fingerprint density at radius 3 is 2.50 bits per heavy atom. The van der Waals surface area contributed by atoms with Crippen molar-refractivity contribution in [1.29, 1.82) is 0 Å². The predicted octanol–water partition coefficient (Wildman–Crippen LogP) is 1.49. The number of rotatable bonds is 5. The van der Waals surface area contributed by atoms with Crippen LogP contribution in [0.3, 0.4) is 0 Å². The lowest BCUT2D eigenvalue weighted by Gasteiger charge is -2.42. The minimum Gasteiger partial charge on any atom is -0.342 e. The van der Waals surface area contributed by atoms with Gasteiger partial charge in [-0.2, -0.15) is 0 Å². The van der Waals surface area contributed by atoms with Crippen LogP contribution in [-0.4, -0.2) is 75.3 Å². The molecule has 28 heavy (non-hydrogen) atoms. The number of imidazole rings is 1. The minimum atomic E-state index is 0.0742. The normalized spacial score (nSPS) is 24.4.